The number of carbonyl (C=O) groups is 3. The standard InChI is InChI=1S/C21H18O5/c1-15(22)25-20-9-5-3-7-17(20)11-13-19(24)14-12-18-8-4-6-10-21(18)26-16(2)23/h3-14H,1-2H3/b13-11+,14-12+. The Balaban J connectivity index is 2.12. The van der Waals surface area contributed by atoms with Gasteiger partial charge in [0.05, 0.1) is 0 Å². The van der Waals surface area contributed by atoms with Crippen molar-refractivity contribution in [3.63, 3.8) is 0 Å². The number of esters is 2. The molecule has 0 aromatic heterocycles. The van der Waals surface area contributed by atoms with Gasteiger partial charge in [-0.05, 0) is 36.4 Å². The summed E-state index contributed by atoms with van der Waals surface area (Å²) in [6.45, 7) is 2.63. The molecule has 2 rings (SSSR count). The molecular weight excluding hydrogens is 332 g/mol. The first kappa shape index (κ1) is 18.9. The quantitative estimate of drug-likeness (QED) is 0.450. The molecule has 26 heavy (non-hydrogen) atoms. The fourth-order valence-corrected chi connectivity index (χ4v) is 2.13. The molecule has 0 bridgehead atoms. The van der Waals surface area contributed by atoms with Crippen LogP contribution in [0.1, 0.15) is 25.0 Å². The molecule has 0 saturated carbocycles. The van der Waals surface area contributed by atoms with Crippen molar-refractivity contribution in [2.45, 2.75) is 13.8 Å². The average molecular weight is 350 g/mol. The summed E-state index contributed by atoms with van der Waals surface area (Å²) < 4.78 is 10.2. The predicted octanol–water partition coefficient (Wildman–Crippen LogP) is 3.83. The van der Waals surface area contributed by atoms with E-state index in [-0.39, 0.29) is 5.78 Å². The average Bonchev–Trinajstić information content (AvgIpc) is 2.59. The van der Waals surface area contributed by atoms with E-state index in [9.17, 15) is 14.4 Å². The number of ether oxygens (including phenoxy) is 2. The molecule has 0 N–H and O–H groups in total. The summed E-state index contributed by atoms with van der Waals surface area (Å²) in [6.07, 6.45) is 5.88. The van der Waals surface area contributed by atoms with Crippen molar-refractivity contribution in [2.75, 3.05) is 0 Å². The molecule has 5 nitrogen and oxygen atoms in total. The van der Waals surface area contributed by atoms with Gasteiger partial charge in [0.1, 0.15) is 11.5 Å². The molecule has 0 aliphatic heterocycles. The van der Waals surface area contributed by atoms with Crippen molar-refractivity contribution < 1.29 is 23.9 Å². The third-order valence-corrected chi connectivity index (χ3v) is 3.20. The van der Waals surface area contributed by atoms with Crippen molar-refractivity contribution in [3.8, 4) is 11.5 Å². The van der Waals surface area contributed by atoms with Crippen LogP contribution in [0, 0.1) is 0 Å². The summed E-state index contributed by atoms with van der Waals surface area (Å²) in [5, 5.41) is 0. The minimum absolute atomic E-state index is 0.264. The Labute approximate surface area is 151 Å². The molecule has 0 atom stereocenters. The van der Waals surface area contributed by atoms with Crippen LogP contribution in [0.4, 0.5) is 0 Å². The van der Waals surface area contributed by atoms with Gasteiger partial charge in [-0.15, -0.1) is 0 Å². The van der Waals surface area contributed by atoms with Gasteiger partial charge in [-0.2, -0.15) is 0 Å². The Morgan fingerprint density at radius 1 is 0.692 bits per heavy atom. The number of rotatable bonds is 6. The maximum absolute atomic E-state index is 12.1. The highest BCUT2D eigenvalue weighted by atomic mass is 16.5. The Kier molecular flexibility index (Phi) is 6.62. The van der Waals surface area contributed by atoms with E-state index in [4.69, 9.17) is 9.47 Å². The van der Waals surface area contributed by atoms with Gasteiger partial charge >= 0.3 is 11.9 Å². The second-order valence-corrected chi connectivity index (χ2v) is 5.33. The van der Waals surface area contributed by atoms with Gasteiger partial charge in [0.15, 0.2) is 5.78 Å². The van der Waals surface area contributed by atoms with E-state index < -0.39 is 11.9 Å². The van der Waals surface area contributed by atoms with E-state index in [1.807, 2.05) is 0 Å². The maximum Gasteiger partial charge on any atom is 0.308 e. The normalized spacial score (nSPS) is 10.8. The van der Waals surface area contributed by atoms with E-state index in [0.29, 0.717) is 22.6 Å². The van der Waals surface area contributed by atoms with Crippen molar-refractivity contribution in [3.05, 3.63) is 71.8 Å². The first-order valence-electron chi connectivity index (χ1n) is 7.90. The molecule has 0 unspecified atom stereocenters. The summed E-state index contributed by atoms with van der Waals surface area (Å²) in [5.41, 5.74) is 1.23. The fraction of sp³-hybridized carbons (Fsp3) is 0.0952. The van der Waals surface area contributed by atoms with Gasteiger partial charge in [0, 0.05) is 25.0 Å². The molecule has 0 aliphatic rings. The van der Waals surface area contributed by atoms with Crippen LogP contribution in [-0.2, 0) is 14.4 Å². The highest BCUT2D eigenvalue weighted by Gasteiger charge is 2.04. The van der Waals surface area contributed by atoms with Gasteiger partial charge in [0.25, 0.3) is 0 Å². The molecule has 0 radical (unpaired) electrons. The molecule has 0 saturated heterocycles. The number of allylic oxidation sites excluding steroid dienone is 2. The van der Waals surface area contributed by atoms with Crippen LogP contribution in [0.15, 0.2) is 60.7 Å². The van der Waals surface area contributed by atoms with E-state index in [2.05, 4.69) is 0 Å². The molecule has 2 aromatic rings. The topological polar surface area (TPSA) is 69.7 Å². The van der Waals surface area contributed by atoms with Crippen LogP contribution in [0.3, 0.4) is 0 Å². The summed E-state index contributed by atoms with van der Waals surface area (Å²) in [4.78, 5) is 34.3. The van der Waals surface area contributed by atoms with Gasteiger partial charge in [-0.3, -0.25) is 14.4 Å². The minimum atomic E-state index is -0.431. The zero-order valence-corrected chi connectivity index (χ0v) is 14.5. The van der Waals surface area contributed by atoms with Crippen LogP contribution in [0.5, 0.6) is 11.5 Å². The molecule has 0 amide bonds. The number of ketones is 1. The molecule has 2 aromatic carbocycles. The lowest BCUT2D eigenvalue weighted by molar-refractivity contribution is -0.132. The Bertz CT molecular complexity index is 806. The zero-order chi connectivity index (χ0) is 18.9. The summed E-state index contributed by atoms with van der Waals surface area (Å²) in [7, 11) is 0. The lowest BCUT2D eigenvalue weighted by Crippen LogP contribution is -2.02. The van der Waals surface area contributed by atoms with Gasteiger partial charge < -0.3 is 9.47 Å². The van der Waals surface area contributed by atoms with E-state index in [0.717, 1.165) is 0 Å². The fourth-order valence-electron chi connectivity index (χ4n) is 2.13. The number of benzene rings is 2. The van der Waals surface area contributed by atoms with E-state index >= 15 is 0 Å². The monoisotopic (exact) mass is 350 g/mol. The lowest BCUT2D eigenvalue weighted by atomic mass is 10.1. The molecule has 0 fully saturated rings. The van der Waals surface area contributed by atoms with Crippen molar-refractivity contribution in [2.24, 2.45) is 0 Å². The van der Waals surface area contributed by atoms with Crippen molar-refractivity contribution in [1.82, 2.24) is 0 Å². The molecule has 5 heteroatoms. The van der Waals surface area contributed by atoms with Crippen LogP contribution >= 0.6 is 0 Å². The van der Waals surface area contributed by atoms with Crippen LogP contribution < -0.4 is 9.47 Å². The van der Waals surface area contributed by atoms with Gasteiger partial charge in [0.2, 0.25) is 0 Å². The van der Waals surface area contributed by atoms with E-state index in [1.54, 1.807) is 60.7 Å². The first-order valence-corrected chi connectivity index (χ1v) is 7.90. The number of hydrogen-bond acceptors (Lipinski definition) is 5. The predicted molar refractivity (Wildman–Crippen MR) is 98.6 cm³/mol. The Morgan fingerprint density at radius 3 is 1.46 bits per heavy atom. The maximum atomic E-state index is 12.1. The van der Waals surface area contributed by atoms with Crippen LogP contribution in [0.2, 0.25) is 0 Å². The Morgan fingerprint density at radius 2 is 1.08 bits per heavy atom. The molecule has 0 spiro atoms. The number of para-hydroxylation sites is 2. The Hall–Kier alpha value is -3.47. The molecule has 0 heterocycles. The third kappa shape index (κ3) is 5.87. The SMILES string of the molecule is CC(=O)Oc1ccccc1/C=C/C(=O)/C=C/c1ccccc1OC(C)=O. The van der Waals surface area contributed by atoms with Crippen LogP contribution in [-0.4, -0.2) is 17.7 Å². The molecule has 0 aliphatic carbocycles. The largest absolute Gasteiger partial charge is 0.426 e. The second-order valence-electron chi connectivity index (χ2n) is 5.33. The van der Waals surface area contributed by atoms with Crippen molar-refractivity contribution in [1.29, 1.82) is 0 Å². The smallest absolute Gasteiger partial charge is 0.308 e. The summed E-state index contributed by atoms with van der Waals surface area (Å²) in [5.74, 6) is -0.361. The molecule has 132 valence electrons. The van der Waals surface area contributed by atoms with E-state index in [1.165, 1.54) is 26.0 Å². The van der Waals surface area contributed by atoms with Crippen molar-refractivity contribution >= 4 is 29.9 Å². The molecular formula is C21H18O5. The minimum Gasteiger partial charge on any atom is -0.426 e. The van der Waals surface area contributed by atoms with Gasteiger partial charge in [-0.1, -0.05) is 36.4 Å². The zero-order valence-electron chi connectivity index (χ0n) is 14.5. The third-order valence-electron chi connectivity index (χ3n) is 3.20. The second kappa shape index (κ2) is 9.13. The number of hydrogen-bond donors (Lipinski definition) is 0. The summed E-state index contributed by atoms with van der Waals surface area (Å²) >= 11 is 0. The highest BCUT2D eigenvalue weighted by Crippen LogP contribution is 2.21. The number of carbonyl (C=O) groups excluding carboxylic acids is 3. The van der Waals surface area contributed by atoms with Crippen LogP contribution in [0.25, 0.3) is 12.2 Å². The first-order chi connectivity index (χ1) is 12.5. The lowest BCUT2D eigenvalue weighted by Gasteiger charge is -2.04. The van der Waals surface area contributed by atoms with Gasteiger partial charge in [-0.25, -0.2) is 0 Å². The summed E-state index contributed by atoms with van der Waals surface area (Å²) in [6, 6.07) is 13.8. The highest BCUT2D eigenvalue weighted by molar-refractivity contribution is 6.04.